The van der Waals surface area contributed by atoms with Crippen molar-refractivity contribution >= 4 is 19.8 Å². The second-order valence-corrected chi connectivity index (χ2v) is 12.0. The van der Waals surface area contributed by atoms with Crippen molar-refractivity contribution in [3.05, 3.63) is 0 Å². The Morgan fingerprint density at radius 2 is 0.923 bits per heavy atom. The highest BCUT2D eigenvalue weighted by Gasteiger charge is 2.22. The highest BCUT2D eigenvalue weighted by molar-refractivity contribution is 7.46. The standard InChI is InChI=1S/C30H59O8P/c1-3-5-7-9-11-12-13-14-15-16-17-19-20-22-24-29(31)36-26-28(27-37-39(33,34)35)38-30(32)25-23-21-18-10-8-6-4-2/h28H,3-27H2,1-2H3,(H2,33,34,35)/t28-/m1/s1. The van der Waals surface area contributed by atoms with Crippen molar-refractivity contribution in [3.63, 3.8) is 0 Å². The number of hydrogen-bond donors (Lipinski definition) is 2. The zero-order valence-corrected chi connectivity index (χ0v) is 25.9. The average Bonchev–Trinajstić information content (AvgIpc) is 2.89. The highest BCUT2D eigenvalue weighted by Crippen LogP contribution is 2.35. The lowest BCUT2D eigenvalue weighted by Crippen LogP contribution is -2.29. The fourth-order valence-electron chi connectivity index (χ4n) is 4.49. The molecule has 0 spiro atoms. The van der Waals surface area contributed by atoms with Crippen molar-refractivity contribution in [1.29, 1.82) is 0 Å². The number of ether oxygens (including phenoxy) is 2. The van der Waals surface area contributed by atoms with Crippen LogP contribution in [0.3, 0.4) is 0 Å². The smallest absolute Gasteiger partial charge is 0.462 e. The van der Waals surface area contributed by atoms with Gasteiger partial charge in [0.05, 0.1) is 6.61 Å². The largest absolute Gasteiger partial charge is 0.469 e. The van der Waals surface area contributed by atoms with Crippen LogP contribution in [0.4, 0.5) is 0 Å². The molecular formula is C30H59O8P. The summed E-state index contributed by atoms with van der Waals surface area (Å²) in [4.78, 5) is 42.2. The van der Waals surface area contributed by atoms with Gasteiger partial charge in [-0.1, -0.05) is 136 Å². The van der Waals surface area contributed by atoms with Gasteiger partial charge in [-0.05, 0) is 12.8 Å². The molecule has 232 valence electrons. The fourth-order valence-corrected chi connectivity index (χ4v) is 4.85. The Balaban J connectivity index is 3.94. The summed E-state index contributed by atoms with van der Waals surface area (Å²) in [6.07, 6.45) is 24.2. The summed E-state index contributed by atoms with van der Waals surface area (Å²) in [5.74, 6) is -0.885. The first-order valence-electron chi connectivity index (χ1n) is 15.8. The average molecular weight is 579 g/mol. The van der Waals surface area contributed by atoms with E-state index in [-0.39, 0.29) is 19.4 Å². The molecule has 0 aliphatic heterocycles. The van der Waals surface area contributed by atoms with E-state index in [0.29, 0.717) is 6.42 Å². The molecule has 0 aliphatic rings. The zero-order chi connectivity index (χ0) is 29.0. The second-order valence-electron chi connectivity index (χ2n) is 10.8. The number of carbonyl (C=O) groups excluding carboxylic acids is 2. The summed E-state index contributed by atoms with van der Waals surface area (Å²) in [6, 6.07) is 0. The molecule has 0 fully saturated rings. The molecule has 0 saturated heterocycles. The molecule has 1 atom stereocenters. The lowest BCUT2D eigenvalue weighted by Gasteiger charge is -2.18. The van der Waals surface area contributed by atoms with E-state index in [0.717, 1.165) is 38.5 Å². The SMILES string of the molecule is CCCCCCCCCCCCCCCCC(=O)OC[C@H](COP(=O)(O)O)OC(=O)CCCCCCCCC. The van der Waals surface area contributed by atoms with E-state index >= 15 is 0 Å². The number of phosphoric ester groups is 1. The first-order chi connectivity index (χ1) is 18.8. The lowest BCUT2D eigenvalue weighted by molar-refractivity contribution is -0.161. The maximum absolute atomic E-state index is 12.2. The minimum atomic E-state index is -4.73. The van der Waals surface area contributed by atoms with Crippen molar-refractivity contribution < 1.29 is 37.9 Å². The molecule has 0 radical (unpaired) electrons. The van der Waals surface area contributed by atoms with E-state index in [1.807, 2.05) is 0 Å². The molecule has 0 unspecified atom stereocenters. The summed E-state index contributed by atoms with van der Waals surface area (Å²) in [7, 11) is -4.73. The second kappa shape index (κ2) is 27.2. The predicted octanol–water partition coefficient (Wildman–Crippen LogP) is 8.56. The monoisotopic (exact) mass is 578 g/mol. The molecule has 0 aromatic rings. The van der Waals surface area contributed by atoms with E-state index in [1.54, 1.807) is 0 Å². The minimum Gasteiger partial charge on any atom is -0.462 e. The van der Waals surface area contributed by atoms with Crippen LogP contribution in [0.25, 0.3) is 0 Å². The van der Waals surface area contributed by atoms with Crippen LogP contribution < -0.4 is 0 Å². The lowest BCUT2D eigenvalue weighted by atomic mass is 10.0. The quantitative estimate of drug-likeness (QED) is 0.0514. The van der Waals surface area contributed by atoms with Crippen LogP contribution in [0.2, 0.25) is 0 Å². The first-order valence-corrected chi connectivity index (χ1v) is 17.4. The molecular weight excluding hydrogens is 519 g/mol. The van der Waals surface area contributed by atoms with Gasteiger partial charge in [0.15, 0.2) is 6.10 Å². The van der Waals surface area contributed by atoms with Gasteiger partial charge in [0.25, 0.3) is 0 Å². The van der Waals surface area contributed by atoms with Crippen molar-refractivity contribution in [3.8, 4) is 0 Å². The Morgan fingerprint density at radius 3 is 1.31 bits per heavy atom. The Hall–Kier alpha value is -0.950. The molecule has 9 heteroatoms. The summed E-state index contributed by atoms with van der Waals surface area (Å²) in [6.45, 7) is 3.61. The number of unbranched alkanes of at least 4 members (excludes halogenated alkanes) is 19. The van der Waals surface area contributed by atoms with Gasteiger partial charge in [0, 0.05) is 12.8 Å². The number of esters is 2. The summed E-state index contributed by atoms with van der Waals surface area (Å²) < 4.78 is 26.1. The third-order valence-corrected chi connectivity index (χ3v) is 7.36. The predicted molar refractivity (Wildman–Crippen MR) is 156 cm³/mol. The number of rotatable bonds is 29. The van der Waals surface area contributed by atoms with Gasteiger partial charge < -0.3 is 19.3 Å². The Labute approximate surface area is 238 Å². The Bertz CT molecular complexity index is 622. The number of hydrogen-bond acceptors (Lipinski definition) is 6. The summed E-state index contributed by atoms with van der Waals surface area (Å²) >= 11 is 0. The van der Waals surface area contributed by atoms with E-state index in [9.17, 15) is 14.2 Å². The van der Waals surface area contributed by atoms with Crippen LogP contribution in [-0.4, -0.2) is 41.0 Å². The molecule has 0 saturated carbocycles. The molecule has 2 N–H and O–H groups in total. The fraction of sp³-hybridized carbons (Fsp3) is 0.933. The van der Waals surface area contributed by atoms with E-state index in [4.69, 9.17) is 19.3 Å². The van der Waals surface area contributed by atoms with Crippen molar-refractivity contribution in [1.82, 2.24) is 0 Å². The molecule has 8 nitrogen and oxygen atoms in total. The van der Waals surface area contributed by atoms with Crippen LogP contribution in [-0.2, 0) is 28.2 Å². The van der Waals surface area contributed by atoms with Crippen LogP contribution in [0, 0.1) is 0 Å². The highest BCUT2D eigenvalue weighted by atomic mass is 31.2. The minimum absolute atomic E-state index is 0.215. The van der Waals surface area contributed by atoms with Crippen molar-refractivity contribution in [2.75, 3.05) is 13.2 Å². The van der Waals surface area contributed by atoms with Crippen LogP contribution in [0.15, 0.2) is 0 Å². The third-order valence-electron chi connectivity index (χ3n) is 6.88. The van der Waals surface area contributed by atoms with Gasteiger partial charge in [-0.15, -0.1) is 0 Å². The van der Waals surface area contributed by atoms with E-state index < -0.39 is 32.5 Å². The first kappa shape index (κ1) is 38.0. The van der Waals surface area contributed by atoms with E-state index in [1.165, 1.54) is 89.9 Å². The van der Waals surface area contributed by atoms with Crippen molar-refractivity contribution in [2.45, 2.75) is 168 Å². The van der Waals surface area contributed by atoms with Gasteiger partial charge in [0.2, 0.25) is 0 Å². The molecule has 0 aliphatic carbocycles. The summed E-state index contributed by atoms with van der Waals surface area (Å²) in [5.41, 5.74) is 0. The normalized spacial score (nSPS) is 12.4. The van der Waals surface area contributed by atoms with E-state index in [2.05, 4.69) is 18.4 Å². The maximum Gasteiger partial charge on any atom is 0.469 e. The summed E-state index contributed by atoms with van der Waals surface area (Å²) in [5, 5.41) is 0. The Morgan fingerprint density at radius 1 is 0.564 bits per heavy atom. The van der Waals surface area contributed by atoms with Crippen LogP contribution in [0.1, 0.15) is 162 Å². The van der Waals surface area contributed by atoms with Gasteiger partial charge in [-0.25, -0.2) is 4.57 Å². The Kier molecular flexibility index (Phi) is 26.6. The van der Waals surface area contributed by atoms with Crippen LogP contribution in [0.5, 0.6) is 0 Å². The molecule has 0 aromatic carbocycles. The van der Waals surface area contributed by atoms with Crippen LogP contribution >= 0.6 is 7.82 Å². The molecule has 0 bridgehead atoms. The topological polar surface area (TPSA) is 119 Å². The molecule has 0 amide bonds. The van der Waals surface area contributed by atoms with Gasteiger partial charge >= 0.3 is 19.8 Å². The molecule has 39 heavy (non-hydrogen) atoms. The zero-order valence-electron chi connectivity index (χ0n) is 25.0. The van der Waals surface area contributed by atoms with Gasteiger partial charge in [-0.2, -0.15) is 0 Å². The van der Waals surface area contributed by atoms with Gasteiger partial charge in [0.1, 0.15) is 6.61 Å². The van der Waals surface area contributed by atoms with Crippen molar-refractivity contribution in [2.24, 2.45) is 0 Å². The molecule has 0 aromatic heterocycles. The molecule has 0 heterocycles. The number of phosphoric acid groups is 1. The third kappa shape index (κ3) is 29.8. The number of carbonyl (C=O) groups is 2. The molecule has 0 rings (SSSR count). The van der Waals surface area contributed by atoms with Gasteiger partial charge in [-0.3, -0.25) is 14.1 Å². The maximum atomic E-state index is 12.2.